The maximum Gasteiger partial charge on any atom is 0.356 e. The van der Waals surface area contributed by atoms with Crippen molar-refractivity contribution in [2.75, 3.05) is 25.6 Å². The molecule has 0 spiro atoms. The first kappa shape index (κ1) is 15.9. The molecule has 0 fully saturated rings. The minimum atomic E-state index is -0.613. The topological polar surface area (TPSA) is 85.6 Å². The summed E-state index contributed by atoms with van der Waals surface area (Å²) in [6, 6.07) is 2.57. The van der Waals surface area contributed by atoms with Crippen molar-refractivity contribution < 1.29 is 14.5 Å². The Morgan fingerprint density at radius 1 is 1.50 bits per heavy atom. The summed E-state index contributed by atoms with van der Waals surface area (Å²) in [6.45, 7) is 4.76. The van der Waals surface area contributed by atoms with Crippen LogP contribution in [0.5, 0.6) is 0 Å². The minimum Gasteiger partial charge on any atom is -0.464 e. The molecule has 7 heteroatoms. The van der Waals surface area contributed by atoms with Crippen LogP contribution in [0.15, 0.2) is 12.1 Å². The Morgan fingerprint density at radius 3 is 2.65 bits per heavy atom. The fourth-order valence-corrected chi connectivity index (χ4v) is 1.64. The maximum absolute atomic E-state index is 11.5. The number of methoxy groups -OCH3 is 1. The van der Waals surface area contributed by atoms with Gasteiger partial charge in [0.15, 0.2) is 5.69 Å². The molecule has 1 rings (SSSR count). The molecule has 0 aliphatic rings. The SMILES string of the molecule is COC(=O)c1ccc([N+](=O)[O-])c(N(C)CCC(C)C)n1. The van der Waals surface area contributed by atoms with E-state index in [0.29, 0.717) is 12.5 Å². The van der Waals surface area contributed by atoms with Gasteiger partial charge in [0, 0.05) is 19.7 Å². The first-order chi connectivity index (χ1) is 9.36. The van der Waals surface area contributed by atoms with Crippen LogP contribution < -0.4 is 4.90 Å². The monoisotopic (exact) mass is 281 g/mol. The molecular weight excluding hydrogens is 262 g/mol. The van der Waals surface area contributed by atoms with Crippen LogP contribution in [0.1, 0.15) is 30.8 Å². The Hall–Kier alpha value is -2.18. The molecule has 1 aromatic heterocycles. The largest absolute Gasteiger partial charge is 0.464 e. The Balaban J connectivity index is 3.11. The van der Waals surface area contributed by atoms with Crippen molar-refractivity contribution in [1.82, 2.24) is 4.98 Å². The molecule has 0 aromatic carbocycles. The molecule has 0 saturated heterocycles. The van der Waals surface area contributed by atoms with Gasteiger partial charge < -0.3 is 9.64 Å². The van der Waals surface area contributed by atoms with Crippen LogP contribution in [0, 0.1) is 16.0 Å². The van der Waals surface area contributed by atoms with Gasteiger partial charge in [-0.1, -0.05) is 13.8 Å². The number of rotatable bonds is 6. The van der Waals surface area contributed by atoms with E-state index in [9.17, 15) is 14.9 Å². The highest BCUT2D eigenvalue weighted by atomic mass is 16.6. The van der Waals surface area contributed by atoms with E-state index in [1.54, 1.807) is 11.9 Å². The lowest BCUT2D eigenvalue weighted by atomic mass is 10.1. The molecule has 0 radical (unpaired) electrons. The van der Waals surface area contributed by atoms with Gasteiger partial charge >= 0.3 is 11.7 Å². The van der Waals surface area contributed by atoms with Crippen molar-refractivity contribution in [2.45, 2.75) is 20.3 Å². The van der Waals surface area contributed by atoms with E-state index in [-0.39, 0.29) is 17.2 Å². The normalized spacial score (nSPS) is 10.4. The number of hydrogen-bond acceptors (Lipinski definition) is 6. The first-order valence-corrected chi connectivity index (χ1v) is 6.31. The summed E-state index contributed by atoms with van der Waals surface area (Å²) in [4.78, 5) is 27.7. The van der Waals surface area contributed by atoms with Gasteiger partial charge in [-0.25, -0.2) is 9.78 Å². The van der Waals surface area contributed by atoms with E-state index in [0.717, 1.165) is 6.42 Å². The van der Waals surface area contributed by atoms with Crippen molar-refractivity contribution in [3.63, 3.8) is 0 Å². The lowest BCUT2D eigenvalue weighted by molar-refractivity contribution is -0.384. The molecule has 1 heterocycles. The van der Waals surface area contributed by atoms with Crippen molar-refractivity contribution in [3.8, 4) is 0 Å². The second-order valence-corrected chi connectivity index (χ2v) is 4.89. The zero-order valence-corrected chi connectivity index (χ0v) is 12.1. The van der Waals surface area contributed by atoms with E-state index in [2.05, 4.69) is 23.6 Å². The summed E-state index contributed by atoms with van der Waals surface area (Å²) in [5, 5.41) is 11.0. The standard InChI is InChI=1S/C13H19N3O4/c1-9(2)7-8-15(3)12-11(16(18)19)6-5-10(14-12)13(17)20-4/h5-6,9H,7-8H2,1-4H3. The number of nitrogens with zero attached hydrogens (tertiary/aromatic N) is 3. The van der Waals surface area contributed by atoms with Gasteiger partial charge in [0.1, 0.15) is 0 Å². The molecule has 0 saturated carbocycles. The summed E-state index contributed by atoms with van der Waals surface area (Å²) in [6.07, 6.45) is 0.873. The lowest BCUT2D eigenvalue weighted by Gasteiger charge is -2.19. The zero-order valence-electron chi connectivity index (χ0n) is 12.1. The molecule has 7 nitrogen and oxygen atoms in total. The number of esters is 1. The number of anilines is 1. The summed E-state index contributed by atoms with van der Waals surface area (Å²) >= 11 is 0. The summed E-state index contributed by atoms with van der Waals surface area (Å²) < 4.78 is 4.58. The Morgan fingerprint density at radius 2 is 2.15 bits per heavy atom. The number of ether oxygens (including phenoxy) is 1. The number of pyridine rings is 1. The molecule has 0 aliphatic carbocycles. The number of aromatic nitrogens is 1. The average Bonchev–Trinajstić information content (AvgIpc) is 2.42. The highest BCUT2D eigenvalue weighted by Gasteiger charge is 2.22. The zero-order chi connectivity index (χ0) is 15.3. The van der Waals surface area contributed by atoms with Crippen molar-refractivity contribution in [1.29, 1.82) is 0 Å². The van der Waals surface area contributed by atoms with Gasteiger partial charge in [-0.3, -0.25) is 10.1 Å². The second kappa shape index (κ2) is 6.83. The van der Waals surface area contributed by atoms with Crippen LogP contribution in [-0.2, 0) is 4.74 Å². The molecule has 20 heavy (non-hydrogen) atoms. The fraction of sp³-hybridized carbons (Fsp3) is 0.538. The van der Waals surface area contributed by atoms with E-state index >= 15 is 0 Å². The third-order valence-corrected chi connectivity index (χ3v) is 2.85. The molecule has 0 aliphatic heterocycles. The van der Waals surface area contributed by atoms with Gasteiger partial charge in [-0.05, 0) is 18.4 Å². The number of nitro groups is 1. The molecule has 0 amide bonds. The number of carbonyl (C=O) groups excluding carboxylic acids is 1. The van der Waals surface area contributed by atoms with Crippen LogP contribution >= 0.6 is 0 Å². The quantitative estimate of drug-likeness (QED) is 0.451. The summed E-state index contributed by atoms with van der Waals surface area (Å²) in [7, 11) is 2.96. The van der Waals surface area contributed by atoms with Crippen LogP contribution in [0.4, 0.5) is 11.5 Å². The van der Waals surface area contributed by atoms with E-state index < -0.39 is 10.9 Å². The molecule has 110 valence electrons. The average molecular weight is 281 g/mol. The van der Waals surface area contributed by atoms with Gasteiger partial charge in [0.2, 0.25) is 5.82 Å². The van der Waals surface area contributed by atoms with Crippen LogP contribution in [0.25, 0.3) is 0 Å². The smallest absolute Gasteiger partial charge is 0.356 e. The third kappa shape index (κ3) is 3.91. The van der Waals surface area contributed by atoms with E-state index in [1.807, 2.05) is 0 Å². The Labute approximate surface area is 117 Å². The summed E-state index contributed by atoms with van der Waals surface area (Å²) in [5.41, 5.74) is -0.0617. The van der Waals surface area contributed by atoms with Crippen molar-refractivity contribution in [3.05, 3.63) is 27.9 Å². The molecule has 0 atom stereocenters. The number of hydrogen-bond donors (Lipinski definition) is 0. The lowest BCUT2D eigenvalue weighted by Crippen LogP contribution is -2.23. The summed E-state index contributed by atoms with van der Waals surface area (Å²) in [5.74, 6) is 0.0391. The van der Waals surface area contributed by atoms with Crippen LogP contribution in [0.3, 0.4) is 0 Å². The fourth-order valence-electron chi connectivity index (χ4n) is 1.64. The molecular formula is C13H19N3O4. The molecule has 0 bridgehead atoms. The molecule has 0 N–H and O–H groups in total. The minimum absolute atomic E-state index is 0.0597. The Bertz CT molecular complexity index is 502. The van der Waals surface area contributed by atoms with Gasteiger partial charge in [0.25, 0.3) is 0 Å². The van der Waals surface area contributed by atoms with Crippen molar-refractivity contribution >= 4 is 17.5 Å². The highest BCUT2D eigenvalue weighted by molar-refractivity contribution is 5.88. The highest BCUT2D eigenvalue weighted by Crippen LogP contribution is 2.26. The van der Waals surface area contributed by atoms with Crippen molar-refractivity contribution in [2.24, 2.45) is 5.92 Å². The van der Waals surface area contributed by atoms with Gasteiger partial charge in [0.05, 0.1) is 12.0 Å². The van der Waals surface area contributed by atoms with E-state index in [1.165, 1.54) is 19.2 Å². The van der Waals surface area contributed by atoms with Crippen LogP contribution in [-0.4, -0.2) is 36.6 Å². The predicted molar refractivity (Wildman–Crippen MR) is 75.0 cm³/mol. The first-order valence-electron chi connectivity index (χ1n) is 6.31. The predicted octanol–water partition coefficient (Wildman–Crippen LogP) is 2.26. The molecule has 0 unspecified atom stereocenters. The number of carbonyl (C=O) groups is 1. The molecule has 1 aromatic rings. The van der Waals surface area contributed by atoms with Gasteiger partial charge in [-0.2, -0.15) is 0 Å². The maximum atomic E-state index is 11.5. The second-order valence-electron chi connectivity index (χ2n) is 4.89. The Kier molecular flexibility index (Phi) is 5.42. The van der Waals surface area contributed by atoms with E-state index in [4.69, 9.17) is 0 Å². The van der Waals surface area contributed by atoms with Crippen LogP contribution in [0.2, 0.25) is 0 Å². The third-order valence-electron chi connectivity index (χ3n) is 2.85. The van der Waals surface area contributed by atoms with Gasteiger partial charge in [-0.15, -0.1) is 0 Å².